The number of para-hydroxylation sites is 1. The van der Waals surface area contributed by atoms with Crippen LogP contribution in [0.4, 0.5) is 5.69 Å². The van der Waals surface area contributed by atoms with E-state index in [2.05, 4.69) is 12.2 Å². The number of methoxy groups -OCH3 is 1. The highest BCUT2D eigenvalue weighted by Crippen LogP contribution is 2.19. The molecule has 0 radical (unpaired) electrons. The van der Waals surface area contributed by atoms with Gasteiger partial charge >= 0.3 is 0 Å². The number of anilines is 1. The maximum absolute atomic E-state index is 12.0. The lowest BCUT2D eigenvalue weighted by Crippen LogP contribution is -2.39. The lowest BCUT2D eigenvalue weighted by Gasteiger charge is -2.22. The predicted octanol–water partition coefficient (Wildman–Crippen LogP) is 3.00. The maximum Gasteiger partial charge on any atom is 0.256 e. The Morgan fingerprint density at radius 3 is 2.59 bits per heavy atom. The molecule has 0 spiro atoms. The fraction of sp³-hybridized carbons (Fsp3) is 0.500. The van der Waals surface area contributed by atoms with E-state index < -0.39 is 5.60 Å². The van der Waals surface area contributed by atoms with Crippen LogP contribution in [0.3, 0.4) is 0 Å². The minimum atomic E-state index is -0.806. The van der Waals surface area contributed by atoms with Gasteiger partial charge in [0.25, 0.3) is 5.91 Å². The van der Waals surface area contributed by atoms with E-state index in [1.165, 1.54) is 7.11 Å². The highest BCUT2D eigenvalue weighted by atomic mass is 16.5. The van der Waals surface area contributed by atoms with E-state index in [1.54, 1.807) is 13.8 Å². The third-order valence-corrected chi connectivity index (χ3v) is 2.84. The van der Waals surface area contributed by atoms with E-state index in [0.29, 0.717) is 0 Å². The average molecular weight is 235 g/mol. The summed E-state index contributed by atoms with van der Waals surface area (Å²) in [6.07, 6.45) is 2.02. The van der Waals surface area contributed by atoms with Gasteiger partial charge in [-0.3, -0.25) is 4.79 Å². The predicted molar refractivity (Wildman–Crippen MR) is 70.2 cm³/mol. The summed E-state index contributed by atoms with van der Waals surface area (Å²) < 4.78 is 5.16. The molecule has 0 aliphatic rings. The summed E-state index contributed by atoms with van der Waals surface area (Å²) in [4.78, 5) is 12.0. The zero-order valence-corrected chi connectivity index (χ0v) is 11.0. The Bertz CT molecular complexity index is 386. The van der Waals surface area contributed by atoms with E-state index in [9.17, 15) is 4.79 Å². The first-order valence-electron chi connectivity index (χ1n) is 5.95. The van der Waals surface area contributed by atoms with Crippen LogP contribution in [0.2, 0.25) is 0 Å². The molecule has 17 heavy (non-hydrogen) atoms. The maximum atomic E-state index is 12.0. The number of carbonyl (C=O) groups excluding carboxylic acids is 1. The van der Waals surface area contributed by atoms with Crippen molar-refractivity contribution in [3.63, 3.8) is 0 Å². The van der Waals surface area contributed by atoms with E-state index in [4.69, 9.17) is 4.74 Å². The molecule has 0 heterocycles. The van der Waals surface area contributed by atoms with Gasteiger partial charge in [0.05, 0.1) is 0 Å². The molecule has 0 aromatic heterocycles. The molecule has 0 aliphatic carbocycles. The second-order valence-corrected chi connectivity index (χ2v) is 4.58. The highest BCUT2D eigenvalue weighted by Gasteiger charge is 2.27. The molecule has 0 saturated carbocycles. The number of nitrogens with one attached hydrogen (secondary N) is 1. The van der Waals surface area contributed by atoms with Crippen molar-refractivity contribution in [3.05, 3.63) is 29.8 Å². The van der Waals surface area contributed by atoms with Crippen molar-refractivity contribution in [2.24, 2.45) is 0 Å². The molecule has 1 rings (SSSR count). The summed E-state index contributed by atoms with van der Waals surface area (Å²) in [6.45, 7) is 5.63. The van der Waals surface area contributed by atoms with Crippen molar-refractivity contribution in [2.45, 2.75) is 39.2 Å². The van der Waals surface area contributed by atoms with Gasteiger partial charge in [-0.25, -0.2) is 0 Å². The summed E-state index contributed by atoms with van der Waals surface area (Å²) in [5.74, 6) is -0.122. The quantitative estimate of drug-likeness (QED) is 0.852. The van der Waals surface area contributed by atoms with Crippen LogP contribution in [0.5, 0.6) is 0 Å². The zero-order valence-electron chi connectivity index (χ0n) is 11.0. The first-order chi connectivity index (χ1) is 8.01. The number of aryl methyl sites for hydroxylation is 1. The molecule has 94 valence electrons. The first-order valence-corrected chi connectivity index (χ1v) is 5.95. The third-order valence-electron chi connectivity index (χ3n) is 2.84. The fourth-order valence-electron chi connectivity index (χ4n) is 1.50. The van der Waals surface area contributed by atoms with Gasteiger partial charge in [0.15, 0.2) is 0 Å². The molecule has 1 aromatic carbocycles. The summed E-state index contributed by atoms with van der Waals surface area (Å²) in [5.41, 5.74) is 1.24. The molecule has 0 unspecified atom stereocenters. The van der Waals surface area contributed by atoms with Crippen molar-refractivity contribution in [1.29, 1.82) is 0 Å². The topological polar surface area (TPSA) is 38.3 Å². The standard InChI is InChI=1S/C14H21NO2/c1-5-8-11-9-6-7-10-12(11)15-13(16)14(2,3)17-4/h6-7,9-10H,5,8H2,1-4H3,(H,15,16). The Kier molecular flexibility index (Phi) is 4.70. The highest BCUT2D eigenvalue weighted by molar-refractivity contribution is 5.97. The van der Waals surface area contributed by atoms with Gasteiger partial charge in [-0.05, 0) is 31.9 Å². The molecule has 1 aromatic rings. The molecule has 0 fully saturated rings. The molecule has 0 bridgehead atoms. The Hall–Kier alpha value is -1.35. The van der Waals surface area contributed by atoms with E-state index in [0.717, 1.165) is 24.1 Å². The van der Waals surface area contributed by atoms with Crippen molar-refractivity contribution < 1.29 is 9.53 Å². The van der Waals surface area contributed by atoms with Gasteiger partial charge in [-0.1, -0.05) is 31.5 Å². The molecular formula is C14H21NO2. The number of rotatable bonds is 5. The Morgan fingerprint density at radius 1 is 1.35 bits per heavy atom. The number of ether oxygens (including phenoxy) is 1. The lowest BCUT2D eigenvalue weighted by molar-refractivity contribution is -0.133. The Balaban J connectivity index is 2.84. The van der Waals surface area contributed by atoms with Crippen LogP contribution >= 0.6 is 0 Å². The number of carbonyl (C=O) groups is 1. The van der Waals surface area contributed by atoms with Crippen molar-refractivity contribution in [1.82, 2.24) is 0 Å². The fourth-order valence-corrected chi connectivity index (χ4v) is 1.50. The van der Waals surface area contributed by atoms with Crippen LogP contribution in [-0.4, -0.2) is 18.6 Å². The zero-order chi connectivity index (χ0) is 12.9. The Labute approximate surface area is 103 Å². The summed E-state index contributed by atoms with van der Waals surface area (Å²) >= 11 is 0. The number of amides is 1. The normalized spacial score (nSPS) is 11.3. The van der Waals surface area contributed by atoms with Crippen molar-refractivity contribution in [3.8, 4) is 0 Å². The molecule has 3 nitrogen and oxygen atoms in total. The van der Waals surface area contributed by atoms with Crippen molar-refractivity contribution in [2.75, 3.05) is 12.4 Å². The van der Waals surface area contributed by atoms with Crippen LogP contribution in [0, 0.1) is 0 Å². The average Bonchev–Trinajstić information content (AvgIpc) is 2.32. The van der Waals surface area contributed by atoms with Crippen molar-refractivity contribution >= 4 is 11.6 Å². The van der Waals surface area contributed by atoms with Gasteiger partial charge in [0.2, 0.25) is 0 Å². The number of hydrogen-bond donors (Lipinski definition) is 1. The minimum absolute atomic E-state index is 0.122. The second kappa shape index (κ2) is 5.82. The smallest absolute Gasteiger partial charge is 0.256 e. The van der Waals surface area contributed by atoms with Crippen LogP contribution in [0.15, 0.2) is 24.3 Å². The largest absolute Gasteiger partial charge is 0.369 e. The third kappa shape index (κ3) is 3.56. The molecule has 3 heteroatoms. The van der Waals surface area contributed by atoms with Crippen LogP contribution < -0.4 is 5.32 Å². The Morgan fingerprint density at radius 2 is 2.00 bits per heavy atom. The summed E-state index contributed by atoms with van der Waals surface area (Å²) in [7, 11) is 1.54. The number of hydrogen-bond acceptors (Lipinski definition) is 2. The monoisotopic (exact) mass is 235 g/mol. The minimum Gasteiger partial charge on any atom is -0.369 e. The first kappa shape index (κ1) is 13.7. The molecular weight excluding hydrogens is 214 g/mol. The van der Waals surface area contributed by atoms with E-state index >= 15 is 0 Å². The van der Waals surface area contributed by atoms with Crippen LogP contribution in [0.25, 0.3) is 0 Å². The summed E-state index contributed by atoms with van der Waals surface area (Å²) in [6, 6.07) is 7.88. The molecule has 1 N–H and O–H groups in total. The van der Waals surface area contributed by atoms with E-state index in [1.807, 2.05) is 24.3 Å². The van der Waals surface area contributed by atoms with Gasteiger partial charge in [-0.15, -0.1) is 0 Å². The molecule has 1 amide bonds. The molecule has 0 atom stereocenters. The van der Waals surface area contributed by atoms with E-state index in [-0.39, 0.29) is 5.91 Å². The second-order valence-electron chi connectivity index (χ2n) is 4.58. The SMILES string of the molecule is CCCc1ccccc1NC(=O)C(C)(C)OC. The van der Waals surface area contributed by atoms with Crippen LogP contribution in [0.1, 0.15) is 32.8 Å². The van der Waals surface area contributed by atoms with Gasteiger partial charge in [-0.2, -0.15) is 0 Å². The summed E-state index contributed by atoms with van der Waals surface area (Å²) in [5, 5.41) is 2.92. The molecule has 0 saturated heterocycles. The number of benzene rings is 1. The van der Waals surface area contributed by atoms with Crippen LogP contribution in [-0.2, 0) is 16.0 Å². The molecule has 0 aliphatic heterocycles. The van der Waals surface area contributed by atoms with Gasteiger partial charge in [0.1, 0.15) is 5.60 Å². The van der Waals surface area contributed by atoms with Gasteiger partial charge in [0, 0.05) is 12.8 Å². The van der Waals surface area contributed by atoms with Gasteiger partial charge < -0.3 is 10.1 Å². The lowest BCUT2D eigenvalue weighted by atomic mass is 10.1.